The van der Waals surface area contributed by atoms with Crippen molar-refractivity contribution in [2.24, 2.45) is 5.92 Å². The molecule has 1 aromatic carbocycles. The lowest BCUT2D eigenvalue weighted by Gasteiger charge is -2.31. The van der Waals surface area contributed by atoms with E-state index in [2.05, 4.69) is 17.6 Å². The molecule has 1 fully saturated rings. The van der Waals surface area contributed by atoms with Crippen molar-refractivity contribution in [3.8, 4) is 0 Å². The smallest absolute Gasteiger partial charge is 0.309 e. The largest absolute Gasteiger partial charge is 0.466 e. The molecule has 0 unspecified atom stereocenters. The number of amides is 1. The standard InChI is InChI=1S/C23H25ClN2O3S/c1-3-29-23(28)17-7-9-25(10-8-17)22(27)20-13-21-19(11-15(2)30-21)26(20)14-16-5-4-6-18(24)12-16/h4-6,11-13,17H,3,7-10,14H2,1-2H3. The third kappa shape index (κ3) is 4.25. The van der Waals surface area contributed by atoms with Gasteiger partial charge in [-0.1, -0.05) is 23.7 Å². The summed E-state index contributed by atoms with van der Waals surface area (Å²) in [7, 11) is 0. The number of aryl methyl sites for hydroxylation is 1. The maximum absolute atomic E-state index is 13.4. The summed E-state index contributed by atoms with van der Waals surface area (Å²) in [4.78, 5) is 28.5. The number of carbonyl (C=O) groups is 2. The average molecular weight is 445 g/mol. The Balaban J connectivity index is 1.58. The maximum Gasteiger partial charge on any atom is 0.309 e. The summed E-state index contributed by atoms with van der Waals surface area (Å²) in [5, 5.41) is 0.686. The minimum Gasteiger partial charge on any atom is -0.466 e. The molecular formula is C23H25ClN2O3S. The molecule has 0 bridgehead atoms. The zero-order valence-corrected chi connectivity index (χ0v) is 18.8. The first-order chi connectivity index (χ1) is 14.5. The maximum atomic E-state index is 13.4. The average Bonchev–Trinajstić information content (AvgIpc) is 3.25. The van der Waals surface area contributed by atoms with Gasteiger partial charge in [0.1, 0.15) is 5.69 Å². The minimum atomic E-state index is -0.148. The second-order valence-electron chi connectivity index (χ2n) is 7.67. The fourth-order valence-corrected chi connectivity index (χ4v) is 5.25. The van der Waals surface area contributed by atoms with E-state index >= 15 is 0 Å². The summed E-state index contributed by atoms with van der Waals surface area (Å²) in [5.41, 5.74) is 2.81. The van der Waals surface area contributed by atoms with Gasteiger partial charge in [-0.15, -0.1) is 11.3 Å². The molecule has 0 saturated carbocycles. The number of hydrogen-bond acceptors (Lipinski definition) is 4. The van der Waals surface area contributed by atoms with E-state index in [1.807, 2.05) is 42.2 Å². The highest BCUT2D eigenvalue weighted by molar-refractivity contribution is 7.19. The number of fused-ring (bicyclic) bond motifs is 1. The van der Waals surface area contributed by atoms with Crippen molar-refractivity contribution in [2.45, 2.75) is 33.2 Å². The number of aromatic nitrogens is 1. The summed E-state index contributed by atoms with van der Waals surface area (Å²) < 4.78 is 8.34. The zero-order chi connectivity index (χ0) is 21.3. The van der Waals surface area contributed by atoms with Crippen LogP contribution in [0.4, 0.5) is 0 Å². The van der Waals surface area contributed by atoms with Crippen LogP contribution in [0.3, 0.4) is 0 Å². The molecule has 1 amide bonds. The number of piperidine rings is 1. The SMILES string of the molecule is CCOC(=O)C1CCN(C(=O)c2cc3sc(C)cc3n2Cc2cccc(Cl)c2)CC1. The van der Waals surface area contributed by atoms with Crippen LogP contribution in [-0.4, -0.2) is 41.0 Å². The van der Waals surface area contributed by atoms with Crippen molar-refractivity contribution in [1.82, 2.24) is 9.47 Å². The highest BCUT2D eigenvalue weighted by Gasteiger charge is 2.30. The fourth-order valence-electron chi connectivity index (χ4n) is 4.07. The topological polar surface area (TPSA) is 51.5 Å². The number of halogens is 1. The van der Waals surface area contributed by atoms with Gasteiger partial charge in [0.25, 0.3) is 5.91 Å². The molecule has 158 valence electrons. The molecule has 5 nitrogen and oxygen atoms in total. The number of likely N-dealkylation sites (tertiary alicyclic amines) is 1. The van der Waals surface area contributed by atoms with Crippen LogP contribution in [0.15, 0.2) is 36.4 Å². The number of nitrogens with zero attached hydrogens (tertiary/aromatic N) is 2. The van der Waals surface area contributed by atoms with E-state index in [4.69, 9.17) is 16.3 Å². The predicted octanol–water partition coefficient (Wildman–Crippen LogP) is 5.13. The molecule has 1 aliphatic heterocycles. The zero-order valence-electron chi connectivity index (χ0n) is 17.2. The summed E-state index contributed by atoms with van der Waals surface area (Å²) in [6, 6.07) is 11.9. The molecule has 1 aliphatic rings. The Morgan fingerprint density at radius 2 is 1.97 bits per heavy atom. The van der Waals surface area contributed by atoms with Crippen LogP contribution in [0.1, 0.15) is 40.7 Å². The lowest BCUT2D eigenvalue weighted by Crippen LogP contribution is -2.41. The molecule has 30 heavy (non-hydrogen) atoms. The van der Waals surface area contributed by atoms with Crippen LogP contribution in [0.5, 0.6) is 0 Å². The van der Waals surface area contributed by atoms with E-state index in [-0.39, 0.29) is 17.8 Å². The Labute approximate surface area is 185 Å². The molecule has 1 saturated heterocycles. The summed E-state index contributed by atoms with van der Waals surface area (Å²) in [5.74, 6) is -0.247. The number of benzene rings is 1. The van der Waals surface area contributed by atoms with Crippen LogP contribution in [0.2, 0.25) is 5.02 Å². The van der Waals surface area contributed by atoms with E-state index in [1.165, 1.54) is 4.88 Å². The van der Waals surface area contributed by atoms with Gasteiger partial charge in [-0.2, -0.15) is 0 Å². The summed E-state index contributed by atoms with van der Waals surface area (Å²) in [6.45, 7) is 6.01. The molecule has 0 spiro atoms. The van der Waals surface area contributed by atoms with Gasteiger partial charge >= 0.3 is 5.97 Å². The van der Waals surface area contributed by atoms with Gasteiger partial charge in [0.05, 0.1) is 22.7 Å². The van der Waals surface area contributed by atoms with Crippen molar-refractivity contribution < 1.29 is 14.3 Å². The van der Waals surface area contributed by atoms with Crippen LogP contribution in [-0.2, 0) is 16.1 Å². The predicted molar refractivity (Wildman–Crippen MR) is 120 cm³/mol. The first-order valence-electron chi connectivity index (χ1n) is 10.3. The molecule has 0 atom stereocenters. The third-order valence-corrected chi connectivity index (χ3v) is 6.79. The normalized spacial score (nSPS) is 15.0. The second kappa shape index (κ2) is 8.82. The quantitative estimate of drug-likeness (QED) is 0.512. The van der Waals surface area contributed by atoms with Crippen molar-refractivity contribution >= 4 is 45.0 Å². The molecule has 3 heterocycles. The van der Waals surface area contributed by atoms with E-state index < -0.39 is 0 Å². The second-order valence-corrected chi connectivity index (χ2v) is 9.40. The van der Waals surface area contributed by atoms with Crippen molar-refractivity contribution in [1.29, 1.82) is 0 Å². The van der Waals surface area contributed by atoms with Gasteiger partial charge in [-0.3, -0.25) is 9.59 Å². The lowest BCUT2D eigenvalue weighted by atomic mass is 9.97. The third-order valence-electron chi connectivity index (χ3n) is 5.56. The van der Waals surface area contributed by atoms with Crippen LogP contribution >= 0.6 is 22.9 Å². The molecule has 0 radical (unpaired) electrons. The van der Waals surface area contributed by atoms with E-state index in [1.54, 1.807) is 11.3 Å². The molecule has 4 rings (SSSR count). The molecule has 7 heteroatoms. The monoisotopic (exact) mass is 444 g/mol. The first-order valence-corrected chi connectivity index (χ1v) is 11.5. The molecule has 2 aromatic heterocycles. The van der Waals surface area contributed by atoms with Gasteiger partial charge in [0.15, 0.2) is 0 Å². The molecule has 0 N–H and O–H groups in total. The van der Waals surface area contributed by atoms with Crippen molar-refractivity contribution in [2.75, 3.05) is 19.7 Å². The number of ether oxygens (including phenoxy) is 1. The van der Waals surface area contributed by atoms with Gasteiger partial charge < -0.3 is 14.2 Å². The van der Waals surface area contributed by atoms with Gasteiger partial charge in [-0.05, 0) is 56.5 Å². The minimum absolute atomic E-state index is 0.0142. The Morgan fingerprint density at radius 3 is 2.67 bits per heavy atom. The van der Waals surface area contributed by atoms with Crippen LogP contribution in [0, 0.1) is 12.8 Å². The number of carbonyl (C=O) groups excluding carboxylic acids is 2. The number of rotatable bonds is 5. The van der Waals surface area contributed by atoms with Crippen LogP contribution in [0.25, 0.3) is 10.2 Å². The number of thiophene rings is 1. The van der Waals surface area contributed by atoms with Gasteiger partial charge in [0.2, 0.25) is 0 Å². The van der Waals surface area contributed by atoms with E-state index in [9.17, 15) is 9.59 Å². The Morgan fingerprint density at radius 1 is 1.20 bits per heavy atom. The molecular weight excluding hydrogens is 420 g/mol. The fraction of sp³-hybridized carbons (Fsp3) is 0.391. The number of esters is 1. The summed E-state index contributed by atoms with van der Waals surface area (Å²) in [6.07, 6.45) is 1.29. The van der Waals surface area contributed by atoms with Crippen molar-refractivity contribution in [3.05, 3.63) is 57.6 Å². The first kappa shape index (κ1) is 20.9. The highest BCUT2D eigenvalue weighted by atomic mass is 35.5. The van der Waals surface area contributed by atoms with Gasteiger partial charge in [-0.25, -0.2) is 0 Å². The van der Waals surface area contributed by atoms with E-state index in [0.717, 1.165) is 15.8 Å². The van der Waals surface area contributed by atoms with E-state index in [0.29, 0.717) is 49.8 Å². The number of hydrogen-bond donors (Lipinski definition) is 0. The molecule has 3 aromatic rings. The summed E-state index contributed by atoms with van der Waals surface area (Å²) >= 11 is 7.87. The Hall–Kier alpha value is -2.31. The highest BCUT2D eigenvalue weighted by Crippen LogP contribution is 2.31. The Kier molecular flexibility index (Phi) is 6.16. The van der Waals surface area contributed by atoms with Crippen molar-refractivity contribution in [3.63, 3.8) is 0 Å². The lowest BCUT2D eigenvalue weighted by molar-refractivity contribution is -0.149. The molecule has 0 aliphatic carbocycles. The van der Waals surface area contributed by atoms with Gasteiger partial charge in [0, 0.05) is 29.5 Å². The van der Waals surface area contributed by atoms with Crippen LogP contribution < -0.4 is 0 Å². The Bertz CT molecular complexity index is 1080.